The van der Waals surface area contributed by atoms with Crippen LogP contribution in [0.5, 0.6) is 0 Å². The highest BCUT2D eigenvalue weighted by molar-refractivity contribution is 5.93. The number of oxazole rings is 1. The van der Waals surface area contributed by atoms with E-state index in [2.05, 4.69) is 25.2 Å². The highest BCUT2D eigenvalue weighted by Gasteiger charge is 2.15. The molecular weight excluding hydrogens is 330 g/mol. The first-order valence-corrected chi connectivity index (χ1v) is 8.38. The minimum atomic E-state index is -0.262. The monoisotopic (exact) mass is 351 g/mol. The van der Waals surface area contributed by atoms with E-state index in [0.29, 0.717) is 18.0 Å². The number of anilines is 1. The molecule has 0 aromatic carbocycles. The zero-order chi connectivity index (χ0) is 18.4. The largest absolute Gasteiger partial charge is 0.448 e. The Balaban J connectivity index is 1.64. The first-order valence-electron chi connectivity index (χ1n) is 8.38. The Bertz CT molecular complexity index is 863. The van der Waals surface area contributed by atoms with E-state index >= 15 is 0 Å². The standard InChI is InChI=1S/C19H21N5O2/c1-14-17(23-13-26-14)19(25)22-12-15-6-5-10-21-18(15)24(2)11-8-16-7-3-4-9-20-16/h3-7,9-10,13H,8,11-12H2,1-2H3,(H,22,25). The molecule has 3 heterocycles. The number of carbonyl (C=O) groups excluding carboxylic acids is 1. The van der Waals surface area contributed by atoms with Gasteiger partial charge in [0, 0.05) is 50.2 Å². The third-order valence-corrected chi connectivity index (χ3v) is 4.06. The molecule has 134 valence electrons. The average molecular weight is 351 g/mol. The van der Waals surface area contributed by atoms with Crippen LogP contribution >= 0.6 is 0 Å². The van der Waals surface area contributed by atoms with Crippen LogP contribution in [-0.4, -0.2) is 34.5 Å². The molecule has 0 atom stereocenters. The maximum absolute atomic E-state index is 12.2. The summed E-state index contributed by atoms with van der Waals surface area (Å²) in [4.78, 5) is 27.0. The number of nitrogens with one attached hydrogen (secondary N) is 1. The first-order chi connectivity index (χ1) is 12.6. The Kier molecular flexibility index (Phi) is 5.58. The Morgan fingerprint density at radius 2 is 2.00 bits per heavy atom. The van der Waals surface area contributed by atoms with Gasteiger partial charge < -0.3 is 14.6 Å². The van der Waals surface area contributed by atoms with Crippen molar-refractivity contribution >= 4 is 11.7 Å². The van der Waals surface area contributed by atoms with Crippen molar-refractivity contribution in [2.75, 3.05) is 18.5 Å². The van der Waals surface area contributed by atoms with E-state index in [9.17, 15) is 4.79 Å². The molecule has 3 aromatic heterocycles. The normalized spacial score (nSPS) is 10.5. The van der Waals surface area contributed by atoms with Crippen LogP contribution in [0.1, 0.15) is 27.5 Å². The van der Waals surface area contributed by atoms with Crippen molar-refractivity contribution in [1.29, 1.82) is 0 Å². The van der Waals surface area contributed by atoms with Gasteiger partial charge in [0.05, 0.1) is 0 Å². The van der Waals surface area contributed by atoms with Gasteiger partial charge in [0.25, 0.3) is 5.91 Å². The minimum absolute atomic E-state index is 0.262. The van der Waals surface area contributed by atoms with E-state index in [-0.39, 0.29) is 5.91 Å². The van der Waals surface area contributed by atoms with Gasteiger partial charge in [0.2, 0.25) is 0 Å². The van der Waals surface area contributed by atoms with Crippen LogP contribution in [0, 0.1) is 6.92 Å². The lowest BCUT2D eigenvalue weighted by Gasteiger charge is -2.21. The van der Waals surface area contributed by atoms with E-state index in [0.717, 1.165) is 30.0 Å². The maximum Gasteiger partial charge on any atom is 0.273 e. The molecule has 7 heteroatoms. The van der Waals surface area contributed by atoms with Crippen molar-refractivity contribution < 1.29 is 9.21 Å². The van der Waals surface area contributed by atoms with Gasteiger partial charge in [-0.2, -0.15) is 0 Å². The molecule has 7 nitrogen and oxygen atoms in total. The Morgan fingerprint density at radius 1 is 1.15 bits per heavy atom. The van der Waals surface area contributed by atoms with E-state index in [1.54, 1.807) is 19.3 Å². The summed E-state index contributed by atoms with van der Waals surface area (Å²) in [5, 5.41) is 2.87. The molecule has 3 aromatic rings. The molecule has 0 fully saturated rings. The number of nitrogens with zero attached hydrogens (tertiary/aromatic N) is 4. The fraction of sp³-hybridized carbons (Fsp3) is 0.263. The molecule has 0 aliphatic carbocycles. The fourth-order valence-corrected chi connectivity index (χ4v) is 2.63. The van der Waals surface area contributed by atoms with E-state index in [4.69, 9.17) is 4.42 Å². The molecular formula is C19H21N5O2. The van der Waals surface area contributed by atoms with Crippen molar-refractivity contribution in [3.8, 4) is 0 Å². The summed E-state index contributed by atoms with van der Waals surface area (Å²) in [6.07, 6.45) is 5.63. The first kappa shape index (κ1) is 17.6. The molecule has 0 aliphatic rings. The third kappa shape index (κ3) is 4.24. The molecule has 0 radical (unpaired) electrons. The SMILES string of the molecule is Cc1ocnc1C(=O)NCc1cccnc1N(C)CCc1ccccn1. The van der Waals surface area contributed by atoms with Gasteiger partial charge in [0.1, 0.15) is 11.6 Å². The number of rotatable bonds is 7. The molecule has 0 saturated heterocycles. The molecule has 0 spiro atoms. The molecule has 26 heavy (non-hydrogen) atoms. The van der Waals surface area contributed by atoms with E-state index in [1.807, 2.05) is 37.4 Å². The molecule has 3 rings (SSSR count). The summed E-state index contributed by atoms with van der Waals surface area (Å²) in [5.74, 6) is 1.07. The lowest BCUT2D eigenvalue weighted by molar-refractivity contribution is 0.0945. The number of amides is 1. The minimum Gasteiger partial charge on any atom is -0.448 e. The quantitative estimate of drug-likeness (QED) is 0.703. The van der Waals surface area contributed by atoms with Crippen LogP contribution in [0.2, 0.25) is 0 Å². The van der Waals surface area contributed by atoms with Crippen molar-refractivity contribution in [3.05, 3.63) is 71.8 Å². The highest BCUT2D eigenvalue weighted by atomic mass is 16.3. The van der Waals surface area contributed by atoms with E-state index < -0.39 is 0 Å². The molecule has 0 aliphatic heterocycles. The molecule has 0 saturated carbocycles. The second-order valence-corrected chi connectivity index (χ2v) is 5.92. The van der Waals surface area contributed by atoms with Crippen LogP contribution in [0.4, 0.5) is 5.82 Å². The number of likely N-dealkylation sites (N-methyl/N-ethyl adjacent to an activating group) is 1. The predicted octanol–water partition coefficient (Wildman–Crippen LogP) is 2.38. The summed E-state index contributed by atoms with van der Waals surface area (Å²) in [7, 11) is 1.98. The van der Waals surface area contributed by atoms with E-state index in [1.165, 1.54) is 6.39 Å². The number of aromatic nitrogens is 3. The Labute approximate surface area is 152 Å². The van der Waals surface area contributed by atoms with Gasteiger partial charge in [-0.15, -0.1) is 0 Å². The second kappa shape index (κ2) is 8.24. The predicted molar refractivity (Wildman–Crippen MR) is 97.9 cm³/mol. The second-order valence-electron chi connectivity index (χ2n) is 5.92. The molecule has 0 bridgehead atoms. The van der Waals surface area contributed by atoms with Crippen LogP contribution in [-0.2, 0) is 13.0 Å². The molecule has 1 amide bonds. The van der Waals surface area contributed by atoms with Gasteiger partial charge in [-0.3, -0.25) is 9.78 Å². The van der Waals surface area contributed by atoms with Crippen molar-refractivity contribution in [2.45, 2.75) is 19.9 Å². The lowest BCUT2D eigenvalue weighted by atomic mass is 10.2. The summed E-state index contributed by atoms with van der Waals surface area (Å²) in [6.45, 7) is 2.85. The van der Waals surface area contributed by atoms with Crippen molar-refractivity contribution in [1.82, 2.24) is 20.3 Å². The highest BCUT2D eigenvalue weighted by Crippen LogP contribution is 2.16. The van der Waals surface area contributed by atoms with Crippen molar-refractivity contribution in [3.63, 3.8) is 0 Å². The number of aryl methyl sites for hydroxylation is 1. The maximum atomic E-state index is 12.2. The topological polar surface area (TPSA) is 84.2 Å². The van der Waals surface area contributed by atoms with Gasteiger partial charge in [0.15, 0.2) is 12.1 Å². The van der Waals surface area contributed by atoms with Gasteiger partial charge in [-0.05, 0) is 25.1 Å². The summed E-state index contributed by atoms with van der Waals surface area (Å²) in [6, 6.07) is 9.71. The van der Waals surface area contributed by atoms with Gasteiger partial charge >= 0.3 is 0 Å². The lowest BCUT2D eigenvalue weighted by Crippen LogP contribution is -2.27. The third-order valence-electron chi connectivity index (χ3n) is 4.06. The Hall–Kier alpha value is -3.22. The summed E-state index contributed by atoms with van der Waals surface area (Å²) < 4.78 is 5.08. The van der Waals surface area contributed by atoms with Crippen LogP contribution in [0.15, 0.2) is 53.5 Å². The van der Waals surface area contributed by atoms with Crippen molar-refractivity contribution in [2.24, 2.45) is 0 Å². The van der Waals surface area contributed by atoms with Gasteiger partial charge in [-0.25, -0.2) is 9.97 Å². The zero-order valence-corrected chi connectivity index (χ0v) is 14.8. The number of carbonyl (C=O) groups is 1. The van der Waals surface area contributed by atoms with Crippen LogP contribution in [0.25, 0.3) is 0 Å². The van der Waals surface area contributed by atoms with Gasteiger partial charge in [-0.1, -0.05) is 12.1 Å². The van der Waals surface area contributed by atoms with Crippen LogP contribution < -0.4 is 10.2 Å². The average Bonchev–Trinajstić information content (AvgIpc) is 3.11. The molecule has 1 N–H and O–H groups in total. The molecule has 0 unspecified atom stereocenters. The smallest absolute Gasteiger partial charge is 0.273 e. The summed E-state index contributed by atoms with van der Waals surface area (Å²) in [5.41, 5.74) is 2.27. The Morgan fingerprint density at radius 3 is 2.73 bits per heavy atom. The number of pyridine rings is 2. The van der Waals surface area contributed by atoms with Crippen LogP contribution in [0.3, 0.4) is 0 Å². The fourth-order valence-electron chi connectivity index (χ4n) is 2.63. The summed E-state index contributed by atoms with van der Waals surface area (Å²) >= 11 is 0. The number of hydrogen-bond donors (Lipinski definition) is 1. The number of hydrogen-bond acceptors (Lipinski definition) is 6. The zero-order valence-electron chi connectivity index (χ0n) is 14.8.